The number of aromatic nitrogens is 1. The van der Waals surface area contributed by atoms with Crippen LogP contribution in [-0.2, 0) is 32.3 Å². The summed E-state index contributed by atoms with van der Waals surface area (Å²) in [5, 5.41) is 1.99. The van der Waals surface area contributed by atoms with Crippen molar-refractivity contribution in [3.8, 4) is 0 Å². The lowest BCUT2D eigenvalue weighted by Crippen LogP contribution is -2.66. The second kappa shape index (κ2) is 13.4. The van der Waals surface area contributed by atoms with Gasteiger partial charge < -0.3 is 4.43 Å². The number of carbonyl (C=O) groups is 1. The summed E-state index contributed by atoms with van der Waals surface area (Å²) in [6.07, 6.45) is 1.31. The van der Waals surface area contributed by atoms with Crippen LogP contribution in [0.15, 0.2) is 83.3 Å². The fourth-order valence-corrected chi connectivity index (χ4v) is 12.4. The summed E-state index contributed by atoms with van der Waals surface area (Å²) in [7, 11) is -7.07. The van der Waals surface area contributed by atoms with Crippen LogP contribution in [0.3, 0.4) is 0 Å². The Hall–Kier alpha value is -3.18. The number of halogens is 1. The van der Waals surface area contributed by atoms with E-state index in [2.05, 4.69) is 54.7 Å². The lowest BCUT2D eigenvalue weighted by atomic mass is 9.87. The molecule has 0 aliphatic carbocycles. The van der Waals surface area contributed by atoms with Gasteiger partial charge in [-0.25, -0.2) is 14.1 Å². The van der Waals surface area contributed by atoms with Crippen molar-refractivity contribution in [1.82, 2.24) is 9.71 Å². The van der Waals surface area contributed by atoms with Crippen LogP contribution in [0.25, 0.3) is 0 Å². The van der Waals surface area contributed by atoms with Gasteiger partial charge in [0.1, 0.15) is 5.82 Å². The molecule has 0 spiro atoms. The first kappa shape index (κ1) is 33.7. The molecule has 1 heterocycles. The molecule has 0 saturated carbocycles. The molecule has 0 radical (unpaired) electrons. The van der Waals surface area contributed by atoms with Crippen molar-refractivity contribution in [2.45, 2.75) is 82.7 Å². The molecule has 44 heavy (non-hydrogen) atoms. The molecule has 10 heteroatoms. The van der Waals surface area contributed by atoms with Crippen LogP contribution in [0, 0.1) is 5.82 Å². The molecule has 0 aliphatic heterocycles. The number of hydrogen-bond acceptors (Lipinski definition) is 6. The Balaban J connectivity index is 1.58. The molecule has 0 atom stereocenters. The third-order valence-corrected chi connectivity index (χ3v) is 15.4. The minimum absolute atomic E-state index is 0.0420. The molecule has 3 aromatic carbocycles. The van der Waals surface area contributed by atoms with Crippen molar-refractivity contribution in [3.63, 3.8) is 0 Å². The molecule has 1 aromatic heterocycles. The normalized spacial score (nSPS) is 12.6. The van der Waals surface area contributed by atoms with E-state index in [0.717, 1.165) is 21.7 Å². The second-order valence-electron chi connectivity index (χ2n) is 12.6. The Morgan fingerprint density at radius 2 is 1.43 bits per heavy atom. The molecule has 0 saturated heterocycles. The maximum Gasteiger partial charge on any atom is 0.291 e. The SMILES string of the molecule is CC(C)c1cc(F)cc(C(C)C)c1CC(=O)NS(=O)(=O)c1ncc(CO[Si](c2ccccc2)(c2ccccc2)C(C)(C)C)s1. The average Bonchev–Trinajstić information content (AvgIpc) is 3.44. The smallest absolute Gasteiger partial charge is 0.291 e. The summed E-state index contributed by atoms with van der Waals surface area (Å²) in [6, 6.07) is 23.2. The van der Waals surface area contributed by atoms with Gasteiger partial charge in [-0.1, -0.05) is 109 Å². The van der Waals surface area contributed by atoms with Crippen molar-refractivity contribution < 1.29 is 22.0 Å². The van der Waals surface area contributed by atoms with Gasteiger partial charge in [0.25, 0.3) is 18.3 Å². The number of nitrogens with zero attached hydrogens (tertiary/aromatic N) is 1. The standard InChI is InChI=1S/C34H41FN2O4S2Si/c1-23(2)29-18-25(35)19-30(24(3)4)31(29)20-32(38)37-43(39,40)33-36-21-26(42-33)22-41-44(34(5,6)7,27-14-10-8-11-15-27)28-16-12-9-13-17-28/h8-19,21,23-24H,20,22H2,1-7H3,(H,37,38). The highest BCUT2D eigenvalue weighted by atomic mass is 32.2. The number of nitrogens with one attached hydrogen (secondary N) is 1. The molecule has 0 aliphatic rings. The van der Waals surface area contributed by atoms with Gasteiger partial charge in [0, 0.05) is 6.20 Å². The maximum absolute atomic E-state index is 14.3. The molecule has 0 fully saturated rings. The molecule has 4 rings (SSSR count). The number of hydrogen-bond donors (Lipinski definition) is 1. The molecule has 6 nitrogen and oxygen atoms in total. The Kier molecular flexibility index (Phi) is 10.3. The van der Waals surface area contributed by atoms with Crippen LogP contribution in [0.2, 0.25) is 5.04 Å². The van der Waals surface area contributed by atoms with E-state index in [4.69, 9.17) is 4.43 Å². The van der Waals surface area contributed by atoms with E-state index in [9.17, 15) is 17.6 Å². The largest absolute Gasteiger partial charge is 0.402 e. The number of amides is 1. The summed E-state index contributed by atoms with van der Waals surface area (Å²) in [5.41, 5.74) is 2.04. The number of benzene rings is 3. The van der Waals surface area contributed by atoms with E-state index >= 15 is 0 Å². The van der Waals surface area contributed by atoms with Crippen LogP contribution in [0.4, 0.5) is 4.39 Å². The molecular weight excluding hydrogens is 612 g/mol. The maximum atomic E-state index is 14.3. The highest BCUT2D eigenvalue weighted by Gasteiger charge is 2.50. The lowest BCUT2D eigenvalue weighted by Gasteiger charge is -2.42. The summed E-state index contributed by atoms with van der Waals surface area (Å²) in [5.74, 6) is -1.15. The lowest BCUT2D eigenvalue weighted by molar-refractivity contribution is -0.118. The van der Waals surface area contributed by atoms with Gasteiger partial charge in [-0.2, -0.15) is 8.42 Å². The Morgan fingerprint density at radius 3 is 1.89 bits per heavy atom. The Bertz CT molecular complexity index is 1630. The van der Waals surface area contributed by atoms with Gasteiger partial charge >= 0.3 is 0 Å². The van der Waals surface area contributed by atoms with E-state index in [0.29, 0.717) is 21.6 Å². The predicted molar refractivity (Wildman–Crippen MR) is 178 cm³/mol. The fraction of sp³-hybridized carbons (Fsp3) is 0.353. The van der Waals surface area contributed by atoms with Gasteiger partial charge in [-0.05, 0) is 56.1 Å². The Morgan fingerprint density at radius 1 is 0.932 bits per heavy atom. The summed E-state index contributed by atoms with van der Waals surface area (Å²) in [4.78, 5) is 17.9. The molecule has 1 amide bonds. The van der Waals surface area contributed by atoms with Crippen molar-refractivity contribution in [1.29, 1.82) is 0 Å². The predicted octanol–water partition coefficient (Wildman–Crippen LogP) is 6.65. The molecule has 234 valence electrons. The van der Waals surface area contributed by atoms with E-state index in [1.165, 1.54) is 18.3 Å². The molecule has 4 aromatic rings. The van der Waals surface area contributed by atoms with E-state index in [1.807, 2.05) is 64.1 Å². The third-order valence-electron chi connectivity index (χ3n) is 7.72. The minimum Gasteiger partial charge on any atom is -0.402 e. The monoisotopic (exact) mass is 652 g/mol. The second-order valence-corrected chi connectivity index (χ2v) is 19.9. The first-order valence-corrected chi connectivity index (χ1v) is 18.9. The highest BCUT2D eigenvalue weighted by molar-refractivity contribution is 7.92. The minimum atomic E-state index is -4.23. The molecular formula is C34H41FN2O4S2Si. The molecule has 0 unspecified atom stereocenters. The van der Waals surface area contributed by atoms with Crippen LogP contribution in [0.1, 0.15) is 81.9 Å². The average molecular weight is 653 g/mol. The third kappa shape index (κ3) is 7.20. The highest BCUT2D eigenvalue weighted by Crippen LogP contribution is 2.38. The van der Waals surface area contributed by atoms with Crippen molar-refractivity contribution >= 4 is 46.0 Å². The number of sulfonamides is 1. The van der Waals surface area contributed by atoms with Crippen LogP contribution >= 0.6 is 11.3 Å². The zero-order valence-electron chi connectivity index (χ0n) is 26.3. The zero-order valence-corrected chi connectivity index (χ0v) is 29.0. The molecule has 0 bridgehead atoms. The summed E-state index contributed by atoms with van der Waals surface area (Å²) < 4.78 is 49.8. The molecule has 1 N–H and O–H groups in total. The van der Waals surface area contributed by atoms with E-state index in [-0.39, 0.29) is 40.1 Å². The van der Waals surface area contributed by atoms with Crippen molar-refractivity contribution in [2.75, 3.05) is 0 Å². The van der Waals surface area contributed by atoms with Gasteiger partial charge in [0.15, 0.2) is 0 Å². The van der Waals surface area contributed by atoms with Gasteiger partial charge in [-0.3, -0.25) is 4.79 Å². The Labute approximate surface area is 265 Å². The first-order chi connectivity index (χ1) is 20.7. The number of carbonyl (C=O) groups excluding carboxylic acids is 1. The van der Waals surface area contributed by atoms with Crippen molar-refractivity contribution in [2.24, 2.45) is 0 Å². The van der Waals surface area contributed by atoms with Crippen LogP contribution in [0.5, 0.6) is 0 Å². The summed E-state index contributed by atoms with van der Waals surface area (Å²) in [6.45, 7) is 14.4. The van der Waals surface area contributed by atoms with Gasteiger partial charge in [0.05, 0.1) is 17.9 Å². The van der Waals surface area contributed by atoms with E-state index in [1.54, 1.807) is 0 Å². The topological polar surface area (TPSA) is 85.4 Å². The van der Waals surface area contributed by atoms with Gasteiger partial charge in [-0.15, -0.1) is 11.3 Å². The first-order valence-electron chi connectivity index (χ1n) is 14.7. The van der Waals surface area contributed by atoms with Gasteiger partial charge in [0.2, 0.25) is 10.2 Å². The quantitative estimate of drug-likeness (QED) is 0.183. The zero-order chi connectivity index (χ0) is 32.3. The number of rotatable bonds is 11. The van der Waals surface area contributed by atoms with E-state index < -0.39 is 24.2 Å². The van der Waals surface area contributed by atoms with Crippen molar-refractivity contribution in [3.05, 3.63) is 106 Å². The van der Waals surface area contributed by atoms with Crippen LogP contribution < -0.4 is 15.1 Å². The fourth-order valence-electron chi connectivity index (χ4n) is 5.73. The number of thiazole rings is 1. The summed E-state index contributed by atoms with van der Waals surface area (Å²) >= 11 is 0.982. The van der Waals surface area contributed by atoms with Crippen LogP contribution in [-0.4, -0.2) is 27.6 Å².